The van der Waals surface area contributed by atoms with Crippen molar-refractivity contribution in [1.82, 2.24) is 0 Å². The summed E-state index contributed by atoms with van der Waals surface area (Å²) in [6.45, 7) is 4.09. The molecule has 3 nitrogen and oxygen atoms in total. The van der Waals surface area contributed by atoms with Gasteiger partial charge < -0.3 is 9.05 Å². The Morgan fingerprint density at radius 3 is 2.00 bits per heavy atom. The Kier molecular flexibility index (Phi) is 6.29. The molecule has 0 atom stereocenters. The summed E-state index contributed by atoms with van der Waals surface area (Å²) in [4.78, 5) is 0. The first-order valence-electron chi connectivity index (χ1n) is 6.25. The van der Waals surface area contributed by atoms with Gasteiger partial charge in [0.1, 0.15) is 0 Å². The fraction of sp³-hybridized carbons (Fsp3) is 1.00. The van der Waals surface area contributed by atoms with Crippen LogP contribution < -0.4 is 0 Å². The lowest BCUT2D eigenvalue weighted by molar-refractivity contribution is 0.201. The van der Waals surface area contributed by atoms with Gasteiger partial charge in [-0.15, -0.1) is 0 Å². The minimum atomic E-state index is -3.46. The molecule has 1 aliphatic carbocycles. The van der Waals surface area contributed by atoms with Gasteiger partial charge in [0, 0.05) is 5.92 Å². The van der Waals surface area contributed by atoms with Gasteiger partial charge >= 0.3 is 7.60 Å². The van der Waals surface area contributed by atoms with E-state index in [1.807, 2.05) is 0 Å². The standard InChI is InChI=1S/C11H21Cl2O3P/c1-3-15-17(14,16-4-2)11(12,13)10-8-6-5-7-9-10/h10H,3-9H2,1-2H3. The maximum atomic E-state index is 12.6. The largest absolute Gasteiger partial charge is 0.366 e. The number of alkyl halides is 2. The van der Waals surface area contributed by atoms with Crippen LogP contribution in [0.25, 0.3) is 0 Å². The predicted octanol–water partition coefficient (Wildman–Crippen LogP) is 4.96. The average molecular weight is 303 g/mol. The highest BCUT2D eigenvalue weighted by Crippen LogP contribution is 2.69. The van der Waals surface area contributed by atoms with Gasteiger partial charge in [0.2, 0.25) is 4.07 Å². The Labute approximate surface area is 114 Å². The highest BCUT2D eigenvalue weighted by atomic mass is 35.5. The van der Waals surface area contributed by atoms with Gasteiger partial charge in [0.05, 0.1) is 13.2 Å². The average Bonchev–Trinajstić information content (AvgIpc) is 2.30. The fourth-order valence-corrected chi connectivity index (χ4v) is 5.05. The molecule has 0 spiro atoms. The van der Waals surface area contributed by atoms with Gasteiger partial charge in [-0.25, -0.2) is 0 Å². The van der Waals surface area contributed by atoms with Crippen LogP contribution in [-0.4, -0.2) is 17.3 Å². The zero-order chi connectivity index (χ0) is 12.9. The number of halogens is 2. The molecule has 0 aromatic rings. The second kappa shape index (κ2) is 6.77. The van der Waals surface area contributed by atoms with E-state index in [1.165, 1.54) is 6.42 Å². The third-order valence-electron chi connectivity index (χ3n) is 3.06. The molecule has 0 aromatic heterocycles. The minimum absolute atomic E-state index is 0.0106. The van der Waals surface area contributed by atoms with Gasteiger partial charge in [0.25, 0.3) is 0 Å². The molecule has 0 unspecified atom stereocenters. The predicted molar refractivity (Wildman–Crippen MR) is 71.9 cm³/mol. The molecule has 0 N–H and O–H groups in total. The van der Waals surface area contributed by atoms with Gasteiger partial charge in [-0.05, 0) is 26.7 Å². The van der Waals surface area contributed by atoms with Crippen molar-refractivity contribution in [2.24, 2.45) is 5.92 Å². The maximum Gasteiger partial charge on any atom is 0.366 e. The zero-order valence-electron chi connectivity index (χ0n) is 10.5. The molecule has 0 aliphatic heterocycles. The van der Waals surface area contributed by atoms with E-state index in [1.54, 1.807) is 13.8 Å². The lowest BCUT2D eigenvalue weighted by atomic mass is 9.90. The summed E-state index contributed by atoms with van der Waals surface area (Å²) >= 11 is 12.7. The topological polar surface area (TPSA) is 35.5 Å². The van der Waals surface area contributed by atoms with Crippen LogP contribution in [-0.2, 0) is 13.6 Å². The molecule has 0 heterocycles. The summed E-state index contributed by atoms with van der Waals surface area (Å²) in [5.41, 5.74) is 0. The molecule has 1 rings (SSSR count). The minimum Gasteiger partial charge on any atom is -0.307 e. The van der Waals surface area contributed by atoms with Crippen LogP contribution >= 0.6 is 30.8 Å². The van der Waals surface area contributed by atoms with Crippen molar-refractivity contribution in [2.75, 3.05) is 13.2 Å². The maximum absolute atomic E-state index is 12.6. The van der Waals surface area contributed by atoms with Gasteiger partial charge in [-0.1, -0.05) is 42.5 Å². The molecule has 17 heavy (non-hydrogen) atoms. The molecule has 1 saturated carbocycles. The van der Waals surface area contributed by atoms with Crippen LogP contribution in [0.3, 0.4) is 0 Å². The zero-order valence-corrected chi connectivity index (χ0v) is 12.9. The summed E-state index contributed by atoms with van der Waals surface area (Å²) in [6, 6.07) is 0. The monoisotopic (exact) mass is 302 g/mol. The van der Waals surface area contributed by atoms with E-state index in [-0.39, 0.29) is 19.1 Å². The molecule has 0 bridgehead atoms. The summed E-state index contributed by atoms with van der Waals surface area (Å²) < 4.78 is 21.7. The van der Waals surface area contributed by atoms with Crippen molar-refractivity contribution >= 4 is 30.8 Å². The molecule has 0 radical (unpaired) electrons. The molecule has 0 aromatic carbocycles. The molecule has 0 amide bonds. The van der Waals surface area contributed by atoms with Gasteiger partial charge in [-0.2, -0.15) is 0 Å². The Hall–Kier alpha value is 0.730. The first kappa shape index (κ1) is 15.8. The van der Waals surface area contributed by atoms with Gasteiger partial charge in [0.15, 0.2) is 0 Å². The van der Waals surface area contributed by atoms with Crippen molar-refractivity contribution in [3.8, 4) is 0 Å². The smallest absolute Gasteiger partial charge is 0.307 e. The molecule has 0 saturated heterocycles. The van der Waals surface area contributed by atoms with E-state index in [0.29, 0.717) is 0 Å². The van der Waals surface area contributed by atoms with E-state index in [9.17, 15) is 4.57 Å². The highest BCUT2D eigenvalue weighted by Gasteiger charge is 2.53. The lowest BCUT2D eigenvalue weighted by Crippen LogP contribution is -2.29. The summed E-state index contributed by atoms with van der Waals surface area (Å²) in [6.07, 6.45) is 5.11. The summed E-state index contributed by atoms with van der Waals surface area (Å²) in [5.74, 6) is -0.0106. The fourth-order valence-electron chi connectivity index (χ4n) is 2.22. The van der Waals surface area contributed by atoms with Crippen molar-refractivity contribution in [3.63, 3.8) is 0 Å². The molecular formula is C11H21Cl2O3P. The Bertz CT molecular complexity index is 268. The van der Waals surface area contributed by atoms with E-state index in [2.05, 4.69) is 0 Å². The SMILES string of the molecule is CCOP(=O)(OCC)C(Cl)(Cl)C1CCCCC1. The third-order valence-corrected chi connectivity index (χ3v) is 7.21. The summed E-state index contributed by atoms with van der Waals surface area (Å²) in [7, 11) is -3.46. The van der Waals surface area contributed by atoms with E-state index < -0.39 is 11.7 Å². The van der Waals surface area contributed by atoms with Crippen LogP contribution in [0.2, 0.25) is 0 Å². The van der Waals surface area contributed by atoms with E-state index >= 15 is 0 Å². The van der Waals surface area contributed by atoms with E-state index in [0.717, 1.165) is 25.7 Å². The number of hydrogen-bond acceptors (Lipinski definition) is 3. The second-order valence-corrected chi connectivity index (χ2v) is 8.39. The molecule has 1 aliphatic rings. The quantitative estimate of drug-likeness (QED) is 0.513. The first-order chi connectivity index (χ1) is 7.98. The second-order valence-electron chi connectivity index (χ2n) is 4.26. The molecule has 1 fully saturated rings. The number of rotatable bonds is 6. The Morgan fingerprint density at radius 2 is 1.59 bits per heavy atom. The summed E-state index contributed by atoms with van der Waals surface area (Å²) in [5, 5.41) is 0. The van der Waals surface area contributed by atoms with E-state index in [4.69, 9.17) is 32.2 Å². The Morgan fingerprint density at radius 1 is 1.12 bits per heavy atom. The van der Waals surface area contributed by atoms with Crippen LogP contribution in [0.4, 0.5) is 0 Å². The third kappa shape index (κ3) is 3.61. The normalized spacial score (nSPS) is 19.5. The van der Waals surface area contributed by atoms with Crippen molar-refractivity contribution in [3.05, 3.63) is 0 Å². The lowest BCUT2D eigenvalue weighted by Gasteiger charge is -2.36. The first-order valence-corrected chi connectivity index (χ1v) is 8.54. The Balaban J connectivity index is 2.85. The van der Waals surface area contributed by atoms with Crippen LogP contribution in [0, 0.1) is 5.92 Å². The van der Waals surface area contributed by atoms with Crippen molar-refractivity contribution in [2.45, 2.75) is 50.0 Å². The molecule has 6 heteroatoms. The van der Waals surface area contributed by atoms with Crippen LogP contribution in [0.5, 0.6) is 0 Å². The molecule has 102 valence electrons. The molecular weight excluding hydrogens is 282 g/mol. The van der Waals surface area contributed by atoms with Crippen molar-refractivity contribution < 1.29 is 13.6 Å². The van der Waals surface area contributed by atoms with Crippen LogP contribution in [0.1, 0.15) is 46.0 Å². The van der Waals surface area contributed by atoms with Gasteiger partial charge in [-0.3, -0.25) is 4.57 Å². The highest BCUT2D eigenvalue weighted by molar-refractivity contribution is 7.60. The van der Waals surface area contributed by atoms with Crippen molar-refractivity contribution in [1.29, 1.82) is 0 Å². The van der Waals surface area contributed by atoms with Crippen LogP contribution in [0.15, 0.2) is 0 Å². The number of hydrogen-bond donors (Lipinski definition) is 0.